The van der Waals surface area contributed by atoms with Crippen molar-refractivity contribution < 1.29 is 9.90 Å². The van der Waals surface area contributed by atoms with Crippen LogP contribution in [0.25, 0.3) is 0 Å². The molecule has 1 aromatic rings. The van der Waals surface area contributed by atoms with Gasteiger partial charge in [-0.25, -0.2) is 0 Å². The second-order valence-electron chi connectivity index (χ2n) is 4.50. The Morgan fingerprint density at radius 3 is 2.76 bits per heavy atom. The van der Waals surface area contributed by atoms with Gasteiger partial charge in [-0.2, -0.15) is 0 Å². The Morgan fingerprint density at radius 1 is 1.53 bits per heavy atom. The summed E-state index contributed by atoms with van der Waals surface area (Å²) in [5.41, 5.74) is 0.493. The molecular formula is C12H14BrNO2S. The lowest BCUT2D eigenvalue weighted by Gasteiger charge is -2.13. The van der Waals surface area contributed by atoms with E-state index in [0.29, 0.717) is 17.0 Å². The van der Waals surface area contributed by atoms with Crippen LogP contribution in [0.1, 0.15) is 23.2 Å². The van der Waals surface area contributed by atoms with Crippen molar-refractivity contribution in [2.24, 2.45) is 5.41 Å². The Bertz CT molecular complexity index is 446. The minimum absolute atomic E-state index is 0.0677. The van der Waals surface area contributed by atoms with Gasteiger partial charge in [-0.15, -0.1) is 12.6 Å². The van der Waals surface area contributed by atoms with Crippen LogP contribution in [0.2, 0.25) is 0 Å². The van der Waals surface area contributed by atoms with Crippen molar-refractivity contribution in [1.82, 2.24) is 5.32 Å². The Morgan fingerprint density at radius 2 is 2.24 bits per heavy atom. The molecule has 0 heterocycles. The summed E-state index contributed by atoms with van der Waals surface area (Å²) in [6.07, 6.45) is 1.97. The smallest absolute Gasteiger partial charge is 0.252 e. The predicted octanol–water partition coefficient (Wildman–Crippen LogP) is 2.24. The molecule has 92 valence electrons. The Balaban J connectivity index is 2.00. The summed E-state index contributed by atoms with van der Waals surface area (Å²) in [6.45, 7) is 0.674. The normalized spacial score (nSPS) is 16.6. The van der Waals surface area contributed by atoms with Crippen molar-refractivity contribution in [3.8, 4) is 0 Å². The first-order valence-corrected chi connectivity index (χ1v) is 6.68. The number of nitrogens with one attached hydrogen (secondary N) is 1. The molecule has 17 heavy (non-hydrogen) atoms. The number of aliphatic hydroxyl groups excluding tert-OH is 1. The first-order chi connectivity index (χ1) is 8.06. The molecule has 0 spiro atoms. The van der Waals surface area contributed by atoms with Crippen molar-refractivity contribution in [3.63, 3.8) is 0 Å². The molecule has 1 aliphatic rings. The second kappa shape index (κ2) is 5.00. The van der Waals surface area contributed by atoms with Gasteiger partial charge in [0.05, 0.1) is 12.2 Å². The predicted molar refractivity (Wildman–Crippen MR) is 72.5 cm³/mol. The number of halogens is 1. The van der Waals surface area contributed by atoms with Crippen LogP contribution in [-0.4, -0.2) is 24.2 Å². The van der Waals surface area contributed by atoms with E-state index >= 15 is 0 Å². The lowest BCUT2D eigenvalue weighted by atomic mass is 10.1. The molecule has 0 aliphatic heterocycles. The van der Waals surface area contributed by atoms with Gasteiger partial charge >= 0.3 is 0 Å². The fourth-order valence-electron chi connectivity index (χ4n) is 1.63. The van der Waals surface area contributed by atoms with Crippen molar-refractivity contribution in [3.05, 3.63) is 28.2 Å². The minimum atomic E-state index is -0.137. The molecule has 1 saturated carbocycles. The summed E-state index contributed by atoms with van der Waals surface area (Å²) in [5.74, 6) is -0.137. The maximum Gasteiger partial charge on any atom is 0.252 e. The summed E-state index contributed by atoms with van der Waals surface area (Å²) >= 11 is 7.59. The van der Waals surface area contributed by atoms with Gasteiger partial charge in [0, 0.05) is 21.3 Å². The highest BCUT2D eigenvalue weighted by Crippen LogP contribution is 2.44. The molecular weight excluding hydrogens is 302 g/mol. The van der Waals surface area contributed by atoms with Crippen LogP contribution >= 0.6 is 28.6 Å². The number of thiol groups is 1. The van der Waals surface area contributed by atoms with E-state index < -0.39 is 0 Å². The Kier molecular flexibility index (Phi) is 3.80. The molecule has 3 nitrogen and oxygen atoms in total. The summed E-state index contributed by atoms with van der Waals surface area (Å²) in [5, 5.41) is 12.0. The van der Waals surface area contributed by atoms with E-state index in [-0.39, 0.29) is 17.9 Å². The maximum absolute atomic E-state index is 11.9. The van der Waals surface area contributed by atoms with Gasteiger partial charge in [0.2, 0.25) is 0 Å². The molecule has 0 atom stereocenters. The molecule has 0 saturated heterocycles. The molecule has 0 bridgehead atoms. The quantitative estimate of drug-likeness (QED) is 0.746. The second-order valence-corrected chi connectivity index (χ2v) is 5.90. The van der Waals surface area contributed by atoms with Gasteiger partial charge in [0.25, 0.3) is 5.91 Å². The van der Waals surface area contributed by atoms with Crippen LogP contribution in [0, 0.1) is 5.41 Å². The summed E-state index contributed by atoms with van der Waals surface area (Å²) < 4.78 is 0.896. The van der Waals surface area contributed by atoms with Gasteiger partial charge in [-0.05, 0) is 31.0 Å². The Hall–Kier alpha value is -0.520. The van der Waals surface area contributed by atoms with Gasteiger partial charge in [-0.3, -0.25) is 4.79 Å². The number of aliphatic hydroxyl groups is 1. The van der Waals surface area contributed by atoms with Crippen LogP contribution in [0.3, 0.4) is 0 Å². The monoisotopic (exact) mass is 315 g/mol. The van der Waals surface area contributed by atoms with E-state index in [0.717, 1.165) is 17.3 Å². The molecule has 0 aromatic heterocycles. The maximum atomic E-state index is 11.9. The first-order valence-electron chi connectivity index (χ1n) is 5.44. The molecule has 1 amide bonds. The first kappa shape index (κ1) is 12.9. The van der Waals surface area contributed by atoms with Crippen LogP contribution < -0.4 is 5.32 Å². The number of hydrogen-bond donors (Lipinski definition) is 3. The molecule has 2 N–H and O–H groups in total. The lowest BCUT2D eigenvalue weighted by molar-refractivity contribution is 0.0932. The summed E-state index contributed by atoms with van der Waals surface area (Å²) in [7, 11) is 0. The average molecular weight is 316 g/mol. The standard InChI is InChI=1S/C12H14BrNO2S/c13-8-1-2-9(10(17)5-8)11(16)14-6-12(7-15)3-4-12/h1-2,5,15,17H,3-4,6-7H2,(H,14,16). The number of benzene rings is 1. The third-order valence-electron chi connectivity index (χ3n) is 3.12. The van der Waals surface area contributed by atoms with Crippen LogP contribution in [0.15, 0.2) is 27.6 Å². The molecule has 1 fully saturated rings. The number of rotatable bonds is 4. The lowest BCUT2D eigenvalue weighted by Crippen LogP contribution is -2.32. The topological polar surface area (TPSA) is 49.3 Å². The van der Waals surface area contributed by atoms with Crippen molar-refractivity contribution in [2.75, 3.05) is 13.2 Å². The van der Waals surface area contributed by atoms with E-state index in [1.165, 1.54) is 0 Å². The molecule has 0 unspecified atom stereocenters. The van der Waals surface area contributed by atoms with Crippen molar-refractivity contribution >= 4 is 34.5 Å². The highest BCUT2D eigenvalue weighted by molar-refractivity contribution is 9.10. The van der Waals surface area contributed by atoms with E-state index in [1.54, 1.807) is 12.1 Å². The number of carbonyl (C=O) groups excluding carboxylic acids is 1. The zero-order chi connectivity index (χ0) is 12.5. The zero-order valence-electron chi connectivity index (χ0n) is 9.24. The van der Waals surface area contributed by atoms with Crippen LogP contribution in [0.4, 0.5) is 0 Å². The molecule has 1 aromatic carbocycles. The molecule has 1 aliphatic carbocycles. The van der Waals surface area contributed by atoms with Gasteiger partial charge in [-0.1, -0.05) is 15.9 Å². The molecule has 2 rings (SSSR count). The van der Waals surface area contributed by atoms with Gasteiger partial charge < -0.3 is 10.4 Å². The van der Waals surface area contributed by atoms with Crippen LogP contribution in [0.5, 0.6) is 0 Å². The SMILES string of the molecule is O=C(NCC1(CO)CC1)c1ccc(Br)cc1S. The third-order valence-corrected chi connectivity index (χ3v) is 3.98. The zero-order valence-corrected chi connectivity index (χ0v) is 11.7. The van der Waals surface area contributed by atoms with Gasteiger partial charge in [0.15, 0.2) is 0 Å². The Labute approximate surface area is 114 Å². The minimum Gasteiger partial charge on any atom is -0.396 e. The average Bonchev–Trinajstić information content (AvgIpc) is 3.07. The summed E-state index contributed by atoms with van der Waals surface area (Å²) in [4.78, 5) is 12.6. The molecule has 0 radical (unpaired) electrons. The molecule has 5 heteroatoms. The number of carbonyl (C=O) groups is 1. The summed E-state index contributed by atoms with van der Waals surface area (Å²) in [6, 6.07) is 5.34. The van der Waals surface area contributed by atoms with Gasteiger partial charge in [0.1, 0.15) is 0 Å². The third kappa shape index (κ3) is 3.03. The largest absolute Gasteiger partial charge is 0.396 e. The highest BCUT2D eigenvalue weighted by Gasteiger charge is 2.42. The van der Waals surface area contributed by atoms with Crippen molar-refractivity contribution in [1.29, 1.82) is 0 Å². The highest BCUT2D eigenvalue weighted by atomic mass is 79.9. The van der Waals surface area contributed by atoms with Crippen molar-refractivity contribution in [2.45, 2.75) is 17.7 Å². The van der Waals surface area contributed by atoms with E-state index in [1.807, 2.05) is 6.07 Å². The van der Waals surface area contributed by atoms with E-state index in [4.69, 9.17) is 5.11 Å². The van der Waals surface area contributed by atoms with E-state index in [9.17, 15) is 4.79 Å². The van der Waals surface area contributed by atoms with Crippen LogP contribution in [-0.2, 0) is 0 Å². The fraction of sp³-hybridized carbons (Fsp3) is 0.417. The number of hydrogen-bond acceptors (Lipinski definition) is 3. The fourth-order valence-corrected chi connectivity index (χ4v) is 2.48. The number of amides is 1. The van der Waals surface area contributed by atoms with E-state index in [2.05, 4.69) is 33.9 Å².